The fraction of sp³-hybridized carbons (Fsp3) is 0.529. The molecule has 1 aliphatic rings. The van der Waals surface area contributed by atoms with Gasteiger partial charge in [0.05, 0.1) is 11.7 Å². The third-order valence-electron chi connectivity index (χ3n) is 4.03. The van der Waals surface area contributed by atoms with Gasteiger partial charge in [-0.05, 0) is 33.8 Å². The molecule has 3 rings (SSSR count). The fourth-order valence-electron chi connectivity index (χ4n) is 2.86. The van der Waals surface area contributed by atoms with Gasteiger partial charge < -0.3 is 14.5 Å². The molecular formula is C17H22ClN5O2. The van der Waals surface area contributed by atoms with Crippen molar-refractivity contribution in [1.29, 1.82) is 0 Å². The molecule has 0 bridgehead atoms. The van der Waals surface area contributed by atoms with Gasteiger partial charge >= 0.3 is 6.09 Å². The number of aromatic nitrogens is 3. The summed E-state index contributed by atoms with van der Waals surface area (Å²) in [5.74, 6) is 0.806. The molecule has 0 aromatic carbocycles. The lowest BCUT2D eigenvalue weighted by Crippen LogP contribution is -2.54. The van der Waals surface area contributed by atoms with Crippen molar-refractivity contribution in [2.45, 2.75) is 39.3 Å². The van der Waals surface area contributed by atoms with Gasteiger partial charge in [-0.3, -0.25) is 0 Å². The van der Waals surface area contributed by atoms with E-state index in [0.717, 1.165) is 11.2 Å². The van der Waals surface area contributed by atoms with Crippen LogP contribution in [-0.2, 0) is 4.74 Å². The molecule has 0 N–H and O–H groups in total. The molecule has 0 radical (unpaired) electrons. The Hall–Kier alpha value is -2.15. The molecule has 2 aromatic heterocycles. The SMILES string of the molecule is C[C@H]1CN(C(=O)OC(C)(C)C)CCN1c1cc2c(Cl)ncnc2cn1. The van der Waals surface area contributed by atoms with Crippen LogP contribution >= 0.6 is 11.6 Å². The Morgan fingerprint density at radius 1 is 1.28 bits per heavy atom. The summed E-state index contributed by atoms with van der Waals surface area (Å²) in [6.07, 6.45) is 2.85. The van der Waals surface area contributed by atoms with Crippen LogP contribution in [0.4, 0.5) is 10.6 Å². The van der Waals surface area contributed by atoms with E-state index >= 15 is 0 Å². The van der Waals surface area contributed by atoms with E-state index in [0.29, 0.717) is 30.3 Å². The topological polar surface area (TPSA) is 71.5 Å². The minimum atomic E-state index is -0.492. The first kappa shape index (κ1) is 17.7. The number of pyridine rings is 1. The number of piperazine rings is 1. The average molecular weight is 364 g/mol. The number of amides is 1. The number of anilines is 1. The van der Waals surface area contributed by atoms with Crippen molar-refractivity contribution in [2.75, 3.05) is 24.5 Å². The molecular weight excluding hydrogens is 342 g/mol. The first-order valence-electron chi connectivity index (χ1n) is 8.25. The van der Waals surface area contributed by atoms with Gasteiger partial charge in [0.15, 0.2) is 0 Å². The highest BCUT2D eigenvalue weighted by molar-refractivity contribution is 6.34. The van der Waals surface area contributed by atoms with E-state index in [4.69, 9.17) is 16.3 Å². The Morgan fingerprint density at radius 2 is 2.04 bits per heavy atom. The fourth-order valence-corrected chi connectivity index (χ4v) is 3.06. The number of halogens is 1. The number of nitrogens with zero attached hydrogens (tertiary/aromatic N) is 5. The number of hydrogen-bond acceptors (Lipinski definition) is 6. The first-order valence-corrected chi connectivity index (χ1v) is 8.63. The highest BCUT2D eigenvalue weighted by Crippen LogP contribution is 2.25. The number of hydrogen-bond donors (Lipinski definition) is 0. The van der Waals surface area contributed by atoms with Gasteiger partial charge in [0.25, 0.3) is 0 Å². The normalized spacial score (nSPS) is 18.5. The summed E-state index contributed by atoms with van der Waals surface area (Å²) in [7, 11) is 0. The van der Waals surface area contributed by atoms with Gasteiger partial charge in [-0.15, -0.1) is 0 Å². The standard InChI is InChI=1S/C17H22ClN5O2/c1-11-9-22(16(24)25-17(2,3)4)5-6-23(11)14-7-12-13(8-19-14)20-10-21-15(12)18/h7-8,10-11H,5-6,9H2,1-4H3/t11-/m0/s1. The molecule has 1 saturated heterocycles. The van der Waals surface area contributed by atoms with Crippen LogP contribution in [0.3, 0.4) is 0 Å². The molecule has 7 nitrogen and oxygen atoms in total. The second-order valence-corrected chi connectivity index (χ2v) is 7.55. The van der Waals surface area contributed by atoms with E-state index in [1.807, 2.05) is 26.8 Å². The number of carbonyl (C=O) groups excluding carboxylic acids is 1. The molecule has 0 saturated carbocycles. The van der Waals surface area contributed by atoms with Crippen molar-refractivity contribution < 1.29 is 9.53 Å². The van der Waals surface area contributed by atoms with Gasteiger partial charge in [0, 0.05) is 31.1 Å². The molecule has 25 heavy (non-hydrogen) atoms. The van der Waals surface area contributed by atoms with E-state index in [9.17, 15) is 4.79 Å². The summed E-state index contributed by atoms with van der Waals surface area (Å²) in [5.41, 5.74) is 0.220. The van der Waals surface area contributed by atoms with Crippen LogP contribution in [0.15, 0.2) is 18.6 Å². The Bertz CT molecular complexity index is 792. The van der Waals surface area contributed by atoms with E-state index in [-0.39, 0.29) is 12.1 Å². The maximum atomic E-state index is 12.3. The summed E-state index contributed by atoms with van der Waals surface area (Å²) >= 11 is 6.16. The van der Waals surface area contributed by atoms with Crippen molar-refractivity contribution in [2.24, 2.45) is 0 Å². The van der Waals surface area contributed by atoms with Gasteiger partial charge in [-0.2, -0.15) is 0 Å². The van der Waals surface area contributed by atoms with Gasteiger partial charge in [-0.25, -0.2) is 19.7 Å². The zero-order valence-corrected chi connectivity index (χ0v) is 15.6. The van der Waals surface area contributed by atoms with Crippen molar-refractivity contribution in [1.82, 2.24) is 19.9 Å². The van der Waals surface area contributed by atoms with Crippen molar-refractivity contribution in [3.63, 3.8) is 0 Å². The molecule has 134 valence electrons. The van der Waals surface area contributed by atoms with Crippen LogP contribution in [-0.4, -0.2) is 57.2 Å². The summed E-state index contributed by atoms with van der Waals surface area (Å²) < 4.78 is 5.46. The smallest absolute Gasteiger partial charge is 0.410 e. The third-order valence-corrected chi connectivity index (χ3v) is 4.33. The Balaban J connectivity index is 1.75. The third kappa shape index (κ3) is 3.92. The van der Waals surface area contributed by atoms with Crippen LogP contribution in [0.2, 0.25) is 5.15 Å². The van der Waals surface area contributed by atoms with Crippen molar-refractivity contribution in [3.8, 4) is 0 Å². The summed E-state index contributed by atoms with van der Waals surface area (Å²) in [6.45, 7) is 9.50. The zero-order chi connectivity index (χ0) is 18.2. The highest BCUT2D eigenvalue weighted by atomic mass is 35.5. The largest absolute Gasteiger partial charge is 0.444 e. The predicted octanol–water partition coefficient (Wildman–Crippen LogP) is 3.12. The van der Waals surface area contributed by atoms with E-state index in [1.165, 1.54) is 6.33 Å². The molecule has 0 unspecified atom stereocenters. The lowest BCUT2D eigenvalue weighted by atomic mass is 10.1. The van der Waals surface area contributed by atoms with E-state index in [1.54, 1.807) is 11.1 Å². The van der Waals surface area contributed by atoms with Gasteiger partial charge in [0.1, 0.15) is 22.9 Å². The maximum Gasteiger partial charge on any atom is 0.410 e. The lowest BCUT2D eigenvalue weighted by molar-refractivity contribution is 0.0218. The monoisotopic (exact) mass is 363 g/mol. The van der Waals surface area contributed by atoms with Crippen molar-refractivity contribution >= 4 is 34.4 Å². The average Bonchev–Trinajstić information content (AvgIpc) is 2.53. The number of fused-ring (bicyclic) bond motifs is 1. The number of carbonyl (C=O) groups is 1. The molecule has 1 amide bonds. The Kier molecular flexibility index (Phi) is 4.69. The summed E-state index contributed by atoms with van der Waals surface area (Å²) in [6, 6.07) is 2.01. The molecule has 8 heteroatoms. The number of ether oxygens (including phenoxy) is 1. The Labute approximate surface area is 152 Å². The maximum absolute atomic E-state index is 12.3. The molecule has 1 atom stereocenters. The molecule has 0 aliphatic carbocycles. The lowest BCUT2D eigenvalue weighted by Gasteiger charge is -2.40. The molecule has 1 aliphatic heterocycles. The highest BCUT2D eigenvalue weighted by Gasteiger charge is 2.30. The van der Waals surface area contributed by atoms with Crippen LogP contribution in [0.5, 0.6) is 0 Å². The quantitative estimate of drug-likeness (QED) is 0.725. The van der Waals surface area contributed by atoms with E-state index in [2.05, 4.69) is 26.8 Å². The second kappa shape index (κ2) is 6.63. The van der Waals surface area contributed by atoms with Crippen LogP contribution in [0.1, 0.15) is 27.7 Å². The van der Waals surface area contributed by atoms with Crippen LogP contribution in [0, 0.1) is 0 Å². The van der Waals surface area contributed by atoms with Gasteiger partial charge in [-0.1, -0.05) is 11.6 Å². The summed E-state index contributed by atoms with van der Waals surface area (Å²) in [4.78, 5) is 28.8. The second-order valence-electron chi connectivity index (χ2n) is 7.19. The number of rotatable bonds is 1. The molecule has 2 aromatic rings. The Morgan fingerprint density at radius 3 is 2.72 bits per heavy atom. The minimum Gasteiger partial charge on any atom is -0.444 e. The molecule has 3 heterocycles. The van der Waals surface area contributed by atoms with Gasteiger partial charge in [0.2, 0.25) is 0 Å². The molecule has 1 fully saturated rings. The minimum absolute atomic E-state index is 0.106. The first-order chi connectivity index (χ1) is 11.7. The van der Waals surface area contributed by atoms with Crippen LogP contribution < -0.4 is 4.90 Å². The molecule has 0 spiro atoms. The van der Waals surface area contributed by atoms with Crippen LogP contribution in [0.25, 0.3) is 10.9 Å². The summed E-state index contributed by atoms with van der Waals surface area (Å²) in [5, 5.41) is 1.18. The zero-order valence-electron chi connectivity index (χ0n) is 14.9. The predicted molar refractivity (Wildman–Crippen MR) is 97.0 cm³/mol. The van der Waals surface area contributed by atoms with Crippen molar-refractivity contribution in [3.05, 3.63) is 23.7 Å². The van der Waals surface area contributed by atoms with E-state index < -0.39 is 5.60 Å².